The van der Waals surface area contributed by atoms with Crippen LogP contribution in [0.1, 0.15) is 20.8 Å². The van der Waals surface area contributed by atoms with Crippen LogP contribution < -0.4 is 0 Å². The van der Waals surface area contributed by atoms with Crippen LogP contribution in [0.3, 0.4) is 0 Å². The summed E-state index contributed by atoms with van der Waals surface area (Å²) in [6.45, 7) is 10.3. The van der Waals surface area contributed by atoms with Gasteiger partial charge in [0, 0.05) is 0 Å². The van der Waals surface area contributed by atoms with E-state index in [9.17, 15) is 0 Å². The first-order chi connectivity index (χ1) is 4.22. The van der Waals surface area contributed by atoms with Crippen molar-refractivity contribution in [3.8, 4) is 0 Å². The van der Waals surface area contributed by atoms with Crippen LogP contribution in [0, 0.1) is 0 Å². The number of hydrogen-bond donors (Lipinski definition) is 0. The lowest BCUT2D eigenvalue weighted by Crippen LogP contribution is -1.90. The molecule has 0 saturated carbocycles. The van der Waals surface area contributed by atoms with Gasteiger partial charge in [0.25, 0.3) is 0 Å². The van der Waals surface area contributed by atoms with Gasteiger partial charge < -0.3 is 4.74 Å². The van der Waals surface area contributed by atoms with E-state index in [0.717, 1.165) is 11.3 Å². The van der Waals surface area contributed by atoms with Crippen molar-refractivity contribution >= 4 is 0 Å². The number of allylic oxidation sites excluding steroid dienone is 2. The number of rotatable bonds is 3. The van der Waals surface area contributed by atoms with Crippen LogP contribution in [0.15, 0.2) is 24.0 Å². The third-order valence-electron chi connectivity index (χ3n) is 1.19. The molecular formula is C8H14O. The molecule has 0 aromatic carbocycles. The molecule has 0 N–H and O–H groups in total. The molecule has 0 atom stereocenters. The second-order valence-electron chi connectivity index (χ2n) is 1.83. The Labute approximate surface area is 57.0 Å². The Morgan fingerprint density at radius 3 is 2.56 bits per heavy atom. The maximum atomic E-state index is 5.13. The Morgan fingerprint density at radius 2 is 2.22 bits per heavy atom. The molecule has 0 saturated heterocycles. The number of ether oxygens (including phenoxy) is 1. The van der Waals surface area contributed by atoms with Gasteiger partial charge in [-0.2, -0.15) is 0 Å². The highest BCUT2D eigenvalue weighted by Crippen LogP contribution is 2.06. The first-order valence-corrected chi connectivity index (χ1v) is 3.17. The van der Waals surface area contributed by atoms with E-state index >= 15 is 0 Å². The molecule has 1 heteroatoms. The fourth-order valence-electron chi connectivity index (χ4n) is 0.449. The van der Waals surface area contributed by atoms with E-state index in [1.54, 1.807) is 0 Å². The van der Waals surface area contributed by atoms with Gasteiger partial charge in [-0.15, -0.1) is 0 Å². The molecule has 52 valence electrons. The minimum absolute atomic E-state index is 0.698. The summed E-state index contributed by atoms with van der Waals surface area (Å²) in [5.41, 5.74) is 1.11. The van der Waals surface area contributed by atoms with Crippen molar-refractivity contribution in [1.29, 1.82) is 0 Å². The third-order valence-corrected chi connectivity index (χ3v) is 1.19. The van der Waals surface area contributed by atoms with Crippen molar-refractivity contribution < 1.29 is 4.74 Å². The maximum Gasteiger partial charge on any atom is 0.114 e. The summed E-state index contributed by atoms with van der Waals surface area (Å²) in [5, 5.41) is 0. The number of hydrogen-bond acceptors (Lipinski definition) is 1. The molecule has 0 unspecified atom stereocenters. The van der Waals surface area contributed by atoms with Crippen LogP contribution >= 0.6 is 0 Å². The second kappa shape index (κ2) is 4.19. The smallest absolute Gasteiger partial charge is 0.114 e. The molecule has 0 spiro atoms. The molecule has 0 aliphatic carbocycles. The summed E-state index contributed by atoms with van der Waals surface area (Å²) in [7, 11) is 0. The van der Waals surface area contributed by atoms with Crippen LogP contribution in [-0.4, -0.2) is 6.61 Å². The van der Waals surface area contributed by atoms with Crippen molar-refractivity contribution in [2.75, 3.05) is 6.61 Å². The van der Waals surface area contributed by atoms with Crippen molar-refractivity contribution in [1.82, 2.24) is 0 Å². The highest BCUT2D eigenvalue weighted by Gasteiger charge is 1.91. The Kier molecular flexibility index (Phi) is 3.85. The molecule has 0 rings (SSSR count). The Hall–Kier alpha value is -0.720. The topological polar surface area (TPSA) is 9.23 Å². The van der Waals surface area contributed by atoms with Gasteiger partial charge in [0.05, 0.1) is 6.61 Å². The van der Waals surface area contributed by atoms with Gasteiger partial charge in [-0.1, -0.05) is 12.7 Å². The van der Waals surface area contributed by atoms with Crippen LogP contribution in [0.2, 0.25) is 0 Å². The molecule has 0 amide bonds. The zero-order valence-corrected chi connectivity index (χ0v) is 6.40. The fraction of sp³-hybridized carbons (Fsp3) is 0.500. The molecular weight excluding hydrogens is 112 g/mol. The van der Waals surface area contributed by atoms with E-state index in [1.807, 2.05) is 26.8 Å². The molecule has 1 nitrogen and oxygen atoms in total. The largest absolute Gasteiger partial charge is 0.494 e. The summed E-state index contributed by atoms with van der Waals surface area (Å²) in [5.74, 6) is 0.778. The maximum absolute atomic E-state index is 5.13. The highest BCUT2D eigenvalue weighted by atomic mass is 16.5. The van der Waals surface area contributed by atoms with E-state index in [4.69, 9.17) is 4.74 Å². The normalized spacial score (nSPS) is 11.2. The molecule has 0 aromatic heterocycles. The lowest BCUT2D eigenvalue weighted by molar-refractivity contribution is 0.239. The van der Waals surface area contributed by atoms with Gasteiger partial charge in [-0.3, -0.25) is 0 Å². The van der Waals surface area contributed by atoms with E-state index in [2.05, 4.69) is 6.58 Å². The minimum atomic E-state index is 0.698. The zero-order chi connectivity index (χ0) is 7.28. The van der Waals surface area contributed by atoms with Crippen LogP contribution in [-0.2, 0) is 4.74 Å². The fourth-order valence-corrected chi connectivity index (χ4v) is 0.449. The van der Waals surface area contributed by atoms with Gasteiger partial charge in [-0.05, 0) is 26.3 Å². The van der Waals surface area contributed by atoms with Gasteiger partial charge >= 0.3 is 0 Å². The Morgan fingerprint density at radius 1 is 1.67 bits per heavy atom. The Bertz CT molecular complexity index is 123. The minimum Gasteiger partial charge on any atom is -0.494 e. The zero-order valence-electron chi connectivity index (χ0n) is 6.40. The van der Waals surface area contributed by atoms with Crippen LogP contribution in [0.4, 0.5) is 0 Å². The van der Waals surface area contributed by atoms with Gasteiger partial charge in [0.2, 0.25) is 0 Å². The average molecular weight is 126 g/mol. The third kappa shape index (κ3) is 2.96. The molecule has 0 heterocycles. The van der Waals surface area contributed by atoms with E-state index in [-0.39, 0.29) is 0 Å². The van der Waals surface area contributed by atoms with Gasteiger partial charge in [0.15, 0.2) is 0 Å². The van der Waals surface area contributed by atoms with E-state index in [0.29, 0.717) is 6.61 Å². The van der Waals surface area contributed by atoms with Crippen molar-refractivity contribution in [3.05, 3.63) is 24.0 Å². The Balaban J connectivity index is 3.74. The molecule has 9 heavy (non-hydrogen) atoms. The summed E-state index contributed by atoms with van der Waals surface area (Å²) in [6, 6.07) is 0. The van der Waals surface area contributed by atoms with Gasteiger partial charge in [0.1, 0.15) is 5.76 Å². The lowest BCUT2D eigenvalue weighted by Gasteiger charge is -2.04. The molecule has 0 radical (unpaired) electrons. The average Bonchev–Trinajstić information content (AvgIpc) is 1.87. The molecule has 0 aromatic rings. The summed E-state index contributed by atoms with van der Waals surface area (Å²) in [6.07, 6.45) is 1.98. The van der Waals surface area contributed by atoms with Crippen LogP contribution in [0.25, 0.3) is 0 Å². The van der Waals surface area contributed by atoms with Crippen LogP contribution in [0.5, 0.6) is 0 Å². The molecule has 0 bridgehead atoms. The highest BCUT2D eigenvalue weighted by molar-refractivity contribution is 5.19. The van der Waals surface area contributed by atoms with Gasteiger partial charge in [-0.25, -0.2) is 0 Å². The molecule has 0 aliphatic rings. The summed E-state index contributed by atoms with van der Waals surface area (Å²) in [4.78, 5) is 0. The van der Waals surface area contributed by atoms with Crippen molar-refractivity contribution in [2.45, 2.75) is 20.8 Å². The first-order valence-electron chi connectivity index (χ1n) is 3.17. The monoisotopic (exact) mass is 126 g/mol. The van der Waals surface area contributed by atoms with E-state index < -0.39 is 0 Å². The second-order valence-corrected chi connectivity index (χ2v) is 1.83. The van der Waals surface area contributed by atoms with Crippen molar-refractivity contribution in [3.63, 3.8) is 0 Å². The predicted octanol–water partition coefficient (Wildman–Crippen LogP) is 2.50. The summed E-state index contributed by atoms with van der Waals surface area (Å²) >= 11 is 0. The standard InChI is InChI=1S/C8H14O/c1-5-7(3)8(4)9-6-2/h5H,4,6H2,1-3H3/b7-5-. The SMILES string of the molecule is C=C(OCC)/C(C)=C\C. The summed E-state index contributed by atoms with van der Waals surface area (Å²) < 4.78 is 5.13. The lowest BCUT2D eigenvalue weighted by atomic mass is 10.2. The molecule has 0 fully saturated rings. The quantitative estimate of drug-likeness (QED) is 0.417. The van der Waals surface area contributed by atoms with E-state index in [1.165, 1.54) is 0 Å². The van der Waals surface area contributed by atoms with Crippen molar-refractivity contribution in [2.24, 2.45) is 0 Å². The predicted molar refractivity (Wildman–Crippen MR) is 40.2 cm³/mol. The first kappa shape index (κ1) is 8.28. The molecule has 0 aliphatic heterocycles.